The van der Waals surface area contributed by atoms with Gasteiger partial charge in [-0.25, -0.2) is 4.98 Å². The molecule has 0 aromatic carbocycles. The van der Waals surface area contributed by atoms with E-state index in [1.165, 1.54) is 37.1 Å². The summed E-state index contributed by atoms with van der Waals surface area (Å²) in [5, 5.41) is 6.94. The van der Waals surface area contributed by atoms with E-state index in [0.717, 1.165) is 12.2 Å². The van der Waals surface area contributed by atoms with E-state index >= 15 is 0 Å². The fourth-order valence-corrected chi connectivity index (χ4v) is 2.77. The van der Waals surface area contributed by atoms with Gasteiger partial charge in [-0.3, -0.25) is 0 Å². The Morgan fingerprint density at radius 2 is 2.12 bits per heavy atom. The molecule has 0 radical (unpaired) electrons. The van der Waals surface area contributed by atoms with Crippen LogP contribution in [0.25, 0.3) is 0 Å². The average Bonchev–Trinajstić information content (AvgIpc) is 2.69. The van der Waals surface area contributed by atoms with E-state index in [2.05, 4.69) is 36.5 Å². The number of nitrogens with one attached hydrogen (secondary N) is 1. The molecule has 92 valence electrons. The third-order valence-corrected chi connectivity index (χ3v) is 3.81. The number of aryl methyl sites for hydroxylation is 1. The predicted octanol–water partition coefficient (Wildman–Crippen LogP) is 4.07. The van der Waals surface area contributed by atoms with Gasteiger partial charge >= 0.3 is 0 Å². The van der Waals surface area contributed by atoms with Crippen LogP contribution in [0.15, 0.2) is 5.38 Å². The Labute approximate surface area is 103 Å². The molecule has 3 heteroatoms. The lowest BCUT2D eigenvalue weighted by Gasteiger charge is -2.14. The highest BCUT2D eigenvalue weighted by molar-refractivity contribution is 7.09. The van der Waals surface area contributed by atoms with Crippen molar-refractivity contribution < 1.29 is 0 Å². The first kappa shape index (κ1) is 13.7. The van der Waals surface area contributed by atoms with Gasteiger partial charge in [-0.15, -0.1) is 11.3 Å². The number of unbranched alkanes of at least 4 members (excludes halogenated alkanes) is 3. The number of nitrogens with zero attached hydrogens (tertiary/aromatic N) is 1. The van der Waals surface area contributed by atoms with Gasteiger partial charge in [0.15, 0.2) is 0 Å². The van der Waals surface area contributed by atoms with Crippen molar-refractivity contribution in [2.45, 2.75) is 58.9 Å². The zero-order chi connectivity index (χ0) is 11.8. The van der Waals surface area contributed by atoms with Crippen LogP contribution in [0.5, 0.6) is 0 Å². The van der Waals surface area contributed by atoms with Crippen molar-refractivity contribution in [1.29, 1.82) is 0 Å². The fraction of sp³-hybridized carbons (Fsp3) is 0.769. The number of rotatable bonds is 8. The maximum absolute atomic E-state index is 4.58. The highest BCUT2D eigenvalue weighted by Gasteiger charge is 2.12. The van der Waals surface area contributed by atoms with Crippen molar-refractivity contribution >= 4 is 11.3 Å². The molecular weight excluding hydrogens is 216 g/mol. The van der Waals surface area contributed by atoms with Gasteiger partial charge in [-0.05, 0) is 19.9 Å². The standard InChI is InChI=1S/C13H24N2S/c1-4-6-7-8-9-12(14-5-2)13-15-11(3)10-16-13/h10,12,14H,4-9H2,1-3H3. The third-order valence-electron chi connectivity index (χ3n) is 2.73. The van der Waals surface area contributed by atoms with Gasteiger partial charge in [0.1, 0.15) is 5.01 Å². The van der Waals surface area contributed by atoms with Gasteiger partial charge in [0.2, 0.25) is 0 Å². The number of thiazole rings is 1. The van der Waals surface area contributed by atoms with Crippen LogP contribution in [0.4, 0.5) is 0 Å². The first-order valence-corrected chi connectivity index (χ1v) is 7.31. The lowest BCUT2D eigenvalue weighted by atomic mass is 10.1. The van der Waals surface area contributed by atoms with Crippen molar-refractivity contribution in [3.05, 3.63) is 16.1 Å². The van der Waals surface area contributed by atoms with Crippen molar-refractivity contribution in [2.24, 2.45) is 0 Å². The monoisotopic (exact) mass is 240 g/mol. The summed E-state index contributed by atoms with van der Waals surface area (Å²) in [6.45, 7) is 7.52. The summed E-state index contributed by atoms with van der Waals surface area (Å²) in [6.07, 6.45) is 6.55. The molecule has 0 aliphatic carbocycles. The molecule has 1 heterocycles. The molecule has 0 saturated heterocycles. The Morgan fingerprint density at radius 1 is 1.31 bits per heavy atom. The van der Waals surface area contributed by atoms with Crippen LogP contribution in [0.1, 0.15) is 62.7 Å². The normalized spacial score (nSPS) is 12.9. The molecule has 0 aliphatic rings. The Balaban J connectivity index is 2.41. The molecular formula is C13H24N2S. The van der Waals surface area contributed by atoms with E-state index < -0.39 is 0 Å². The first-order chi connectivity index (χ1) is 7.77. The molecule has 1 unspecified atom stereocenters. The topological polar surface area (TPSA) is 24.9 Å². The minimum Gasteiger partial charge on any atom is -0.308 e. The van der Waals surface area contributed by atoms with Crippen LogP contribution in [0, 0.1) is 6.92 Å². The molecule has 16 heavy (non-hydrogen) atoms. The van der Waals surface area contributed by atoms with E-state index in [-0.39, 0.29) is 0 Å². The molecule has 0 aliphatic heterocycles. The number of hydrogen-bond acceptors (Lipinski definition) is 3. The van der Waals surface area contributed by atoms with Crippen molar-refractivity contribution in [1.82, 2.24) is 10.3 Å². The van der Waals surface area contributed by atoms with Crippen molar-refractivity contribution in [2.75, 3.05) is 6.54 Å². The lowest BCUT2D eigenvalue weighted by Crippen LogP contribution is -2.20. The van der Waals surface area contributed by atoms with Crippen molar-refractivity contribution in [3.8, 4) is 0 Å². The van der Waals surface area contributed by atoms with E-state index in [0.29, 0.717) is 6.04 Å². The molecule has 1 aromatic rings. The molecule has 0 bridgehead atoms. The van der Waals surface area contributed by atoms with E-state index in [1.807, 2.05) is 0 Å². The highest BCUT2D eigenvalue weighted by Crippen LogP contribution is 2.23. The lowest BCUT2D eigenvalue weighted by molar-refractivity contribution is 0.479. The van der Waals surface area contributed by atoms with Gasteiger partial charge in [-0.2, -0.15) is 0 Å². The fourth-order valence-electron chi connectivity index (χ4n) is 1.87. The molecule has 0 saturated carbocycles. The van der Waals surface area contributed by atoms with Crippen molar-refractivity contribution in [3.63, 3.8) is 0 Å². The summed E-state index contributed by atoms with van der Waals surface area (Å²) < 4.78 is 0. The van der Waals surface area contributed by atoms with E-state index in [4.69, 9.17) is 0 Å². The molecule has 0 spiro atoms. The Bertz CT molecular complexity index is 283. The van der Waals surface area contributed by atoms with Crippen LogP contribution in [0.3, 0.4) is 0 Å². The number of aromatic nitrogens is 1. The van der Waals surface area contributed by atoms with Crippen LogP contribution in [-0.4, -0.2) is 11.5 Å². The Morgan fingerprint density at radius 3 is 2.69 bits per heavy atom. The van der Waals surface area contributed by atoms with Crippen LogP contribution >= 0.6 is 11.3 Å². The second kappa shape index (κ2) is 7.80. The summed E-state index contributed by atoms with van der Waals surface area (Å²) in [5.74, 6) is 0. The summed E-state index contributed by atoms with van der Waals surface area (Å²) in [5.41, 5.74) is 1.15. The third kappa shape index (κ3) is 4.62. The SMILES string of the molecule is CCCCCCC(NCC)c1nc(C)cs1. The molecule has 1 rings (SSSR count). The zero-order valence-corrected chi connectivity index (χ0v) is 11.6. The largest absolute Gasteiger partial charge is 0.308 e. The maximum atomic E-state index is 4.58. The van der Waals surface area contributed by atoms with Gasteiger partial charge < -0.3 is 5.32 Å². The summed E-state index contributed by atoms with van der Waals surface area (Å²) in [7, 11) is 0. The summed E-state index contributed by atoms with van der Waals surface area (Å²) in [6, 6.07) is 0.473. The molecule has 0 amide bonds. The van der Waals surface area contributed by atoms with Gasteiger partial charge in [0.25, 0.3) is 0 Å². The van der Waals surface area contributed by atoms with Gasteiger partial charge in [0, 0.05) is 11.1 Å². The molecule has 2 nitrogen and oxygen atoms in total. The molecule has 1 aromatic heterocycles. The van der Waals surface area contributed by atoms with Crippen LogP contribution in [-0.2, 0) is 0 Å². The molecule has 0 fully saturated rings. The van der Waals surface area contributed by atoms with Crippen LogP contribution < -0.4 is 5.32 Å². The first-order valence-electron chi connectivity index (χ1n) is 6.43. The quantitative estimate of drug-likeness (QED) is 0.693. The van der Waals surface area contributed by atoms with E-state index in [1.54, 1.807) is 11.3 Å². The van der Waals surface area contributed by atoms with Gasteiger partial charge in [0.05, 0.1) is 6.04 Å². The number of hydrogen-bond donors (Lipinski definition) is 1. The molecule has 1 N–H and O–H groups in total. The summed E-state index contributed by atoms with van der Waals surface area (Å²) >= 11 is 1.79. The second-order valence-corrected chi connectivity index (χ2v) is 5.18. The Kier molecular flexibility index (Phi) is 6.65. The zero-order valence-electron chi connectivity index (χ0n) is 10.8. The van der Waals surface area contributed by atoms with Gasteiger partial charge in [-0.1, -0.05) is 39.5 Å². The Hall–Kier alpha value is -0.410. The van der Waals surface area contributed by atoms with E-state index in [9.17, 15) is 0 Å². The average molecular weight is 240 g/mol. The predicted molar refractivity (Wildman–Crippen MR) is 72.0 cm³/mol. The highest BCUT2D eigenvalue weighted by atomic mass is 32.1. The molecule has 1 atom stereocenters. The minimum absolute atomic E-state index is 0.473. The van der Waals surface area contributed by atoms with Crippen LogP contribution in [0.2, 0.25) is 0 Å². The smallest absolute Gasteiger partial charge is 0.110 e. The minimum atomic E-state index is 0.473. The summed E-state index contributed by atoms with van der Waals surface area (Å²) in [4.78, 5) is 4.58. The second-order valence-electron chi connectivity index (χ2n) is 4.29. The maximum Gasteiger partial charge on any atom is 0.110 e.